The summed E-state index contributed by atoms with van der Waals surface area (Å²) in [6, 6.07) is 39.4. The highest BCUT2D eigenvalue weighted by atomic mass is 32.2. The highest BCUT2D eigenvalue weighted by Crippen LogP contribution is 2.42. The number of carbonyl (C=O) groups is 1. The third-order valence-electron chi connectivity index (χ3n) is 13.4. The number of unbranched alkanes of at least 4 members (excludes halogenated alkanes) is 10. The van der Waals surface area contributed by atoms with Gasteiger partial charge in [0.15, 0.2) is 6.29 Å². The van der Waals surface area contributed by atoms with Gasteiger partial charge in [-0.1, -0.05) is 206 Å². The number of hydrogen-bond donors (Lipinski definition) is 3. The van der Waals surface area contributed by atoms with Crippen molar-refractivity contribution in [2.75, 3.05) is 19.6 Å². The number of nitrogens with one attached hydrogen (secondary N) is 2. The fourth-order valence-electron chi connectivity index (χ4n) is 9.20. The molecule has 1 heterocycles. The number of sulfonamides is 1. The van der Waals surface area contributed by atoms with E-state index in [-0.39, 0.29) is 42.6 Å². The maximum Gasteiger partial charge on any atom is 0.241 e. The highest BCUT2D eigenvalue weighted by Gasteiger charge is 2.39. The average Bonchev–Trinajstić information content (AvgIpc) is 3.36. The maximum atomic E-state index is 13.9. The first-order valence-corrected chi connectivity index (χ1v) is 26.9. The van der Waals surface area contributed by atoms with Gasteiger partial charge in [-0.25, -0.2) is 8.42 Å². The molecule has 0 aromatic heterocycles. The van der Waals surface area contributed by atoms with Crippen LogP contribution in [0.15, 0.2) is 132 Å². The second kappa shape index (κ2) is 27.5. The Bertz CT molecular complexity index is 2320. The molecule has 6 rings (SSSR count). The third kappa shape index (κ3) is 15.9. The number of amides is 1. The number of benzene rings is 5. The number of aliphatic hydroxyl groups excluding tert-OH is 1. The third-order valence-corrected chi connectivity index (χ3v) is 14.9. The molecule has 9 nitrogen and oxygen atoms in total. The van der Waals surface area contributed by atoms with Gasteiger partial charge in [0.2, 0.25) is 15.9 Å². The fourth-order valence-corrected chi connectivity index (χ4v) is 10.4. The van der Waals surface area contributed by atoms with Crippen molar-refractivity contribution in [1.82, 2.24) is 14.9 Å². The zero-order valence-electron chi connectivity index (χ0n) is 41.1. The molecule has 0 radical (unpaired) electrons. The van der Waals surface area contributed by atoms with E-state index < -0.39 is 28.3 Å². The monoisotopic (exact) mass is 944 g/mol. The topological polar surface area (TPSA) is 117 Å². The average molecular weight is 944 g/mol. The predicted molar refractivity (Wildman–Crippen MR) is 275 cm³/mol. The van der Waals surface area contributed by atoms with E-state index in [0.717, 1.165) is 64.1 Å². The summed E-state index contributed by atoms with van der Waals surface area (Å²) in [7, 11) is -3.98. The smallest absolute Gasteiger partial charge is 0.241 e. The standard InChI is InChI=1S/C58H77N3O6S/c1-5-7-9-11-13-20-38-61(39-21-14-12-10-8-6-2)42-55-45(4)56(49-30-28-47(43-62)29-31-49)67-58(66-55)50-34-32-48(33-35-50)53-25-19-18-24-51(53)41-59-57(63)54(40-46-22-16-15-17-23-46)60-68(64,65)52-36-26-44(3)27-37-52/h15-19,22-37,45,54-56,58,60,62H,5-14,20-21,38-43H2,1-4H3,(H,59,63)/t45-,54+,55+,56+,58+/m0/s1. The quantitative estimate of drug-likeness (QED) is 0.0428. The van der Waals surface area contributed by atoms with Crippen molar-refractivity contribution in [2.24, 2.45) is 5.92 Å². The number of rotatable bonds is 28. The Balaban J connectivity index is 1.18. The van der Waals surface area contributed by atoms with E-state index in [0.29, 0.717) is 0 Å². The Kier molecular flexibility index (Phi) is 21.3. The van der Waals surface area contributed by atoms with Gasteiger partial charge in [0.05, 0.1) is 23.7 Å². The number of aryl methyl sites for hydroxylation is 1. The minimum absolute atomic E-state index is 0.00569. The second-order valence-corrected chi connectivity index (χ2v) is 20.5. The molecule has 0 aliphatic carbocycles. The summed E-state index contributed by atoms with van der Waals surface area (Å²) < 4.78 is 43.6. The van der Waals surface area contributed by atoms with Crippen molar-refractivity contribution in [1.29, 1.82) is 0 Å². The highest BCUT2D eigenvalue weighted by molar-refractivity contribution is 7.89. The van der Waals surface area contributed by atoms with E-state index in [2.05, 4.69) is 72.1 Å². The largest absolute Gasteiger partial charge is 0.392 e. The molecule has 0 bridgehead atoms. The van der Waals surface area contributed by atoms with Crippen LogP contribution in [0.1, 0.15) is 144 Å². The van der Waals surface area contributed by atoms with Crippen molar-refractivity contribution in [3.05, 3.63) is 161 Å². The number of aliphatic hydroxyl groups is 1. The lowest BCUT2D eigenvalue weighted by atomic mass is 9.89. The van der Waals surface area contributed by atoms with Gasteiger partial charge in [0.1, 0.15) is 6.04 Å². The predicted octanol–water partition coefficient (Wildman–Crippen LogP) is 12.2. The lowest BCUT2D eigenvalue weighted by Gasteiger charge is -2.43. The molecule has 5 aromatic carbocycles. The lowest BCUT2D eigenvalue weighted by Crippen LogP contribution is -2.47. The van der Waals surface area contributed by atoms with Gasteiger partial charge in [0, 0.05) is 24.6 Å². The van der Waals surface area contributed by atoms with Gasteiger partial charge in [0.25, 0.3) is 0 Å². The molecule has 1 aliphatic rings. The van der Waals surface area contributed by atoms with Crippen LogP contribution in [-0.2, 0) is 43.9 Å². The van der Waals surface area contributed by atoms with Gasteiger partial charge in [-0.2, -0.15) is 4.72 Å². The first-order chi connectivity index (χ1) is 33.1. The van der Waals surface area contributed by atoms with Crippen molar-refractivity contribution in [3.63, 3.8) is 0 Å². The van der Waals surface area contributed by atoms with Gasteiger partial charge in [-0.05, 0) is 84.8 Å². The molecule has 1 amide bonds. The summed E-state index contributed by atoms with van der Waals surface area (Å²) in [5.41, 5.74) is 7.49. The van der Waals surface area contributed by atoms with Gasteiger partial charge >= 0.3 is 0 Å². The molecule has 1 aliphatic heterocycles. The van der Waals surface area contributed by atoms with Crippen LogP contribution >= 0.6 is 0 Å². The molecule has 0 unspecified atom stereocenters. The van der Waals surface area contributed by atoms with Gasteiger partial charge in [-0.3, -0.25) is 4.79 Å². The lowest BCUT2D eigenvalue weighted by molar-refractivity contribution is -0.276. The van der Waals surface area contributed by atoms with Crippen molar-refractivity contribution >= 4 is 15.9 Å². The van der Waals surface area contributed by atoms with Crippen LogP contribution in [0.4, 0.5) is 0 Å². The number of carbonyl (C=O) groups excluding carboxylic acids is 1. The summed E-state index contributed by atoms with van der Waals surface area (Å²) in [5.74, 6) is -0.322. The van der Waals surface area contributed by atoms with Crippen LogP contribution in [-0.4, -0.2) is 56.1 Å². The Morgan fingerprint density at radius 2 is 1.26 bits per heavy atom. The minimum Gasteiger partial charge on any atom is -0.392 e. The zero-order chi connectivity index (χ0) is 48.1. The SMILES string of the molecule is CCCCCCCCN(CCCCCCCC)C[C@H]1O[C@@H](c2ccc(-c3ccccc3CNC(=O)[C@@H](Cc3ccccc3)NS(=O)(=O)c3ccc(C)cc3)cc2)O[C@@H](c2ccc(CO)cc2)[C@H]1C. The van der Waals surface area contributed by atoms with Crippen molar-refractivity contribution in [2.45, 2.75) is 154 Å². The van der Waals surface area contributed by atoms with E-state index in [1.807, 2.05) is 73.7 Å². The van der Waals surface area contributed by atoms with Crippen LogP contribution in [0.3, 0.4) is 0 Å². The molecule has 0 saturated carbocycles. The number of hydrogen-bond acceptors (Lipinski definition) is 7. The summed E-state index contributed by atoms with van der Waals surface area (Å²) in [6.07, 6.45) is 14.6. The van der Waals surface area contributed by atoms with Crippen LogP contribution in [0.25, 0.3) is 11.1 Å². The number of nitrogens with zero attached hydrogens (tertiary/aromatic N) is 1. The molecular formula is C58H77N3O6S. The van der Waals surface area contributed by atoms with Crippen LogP contribution in [0.5, 0.6) is 0 Å². The van der Waals surface area contributed by atoms with E-state index >= 15 is 0 Å². The molecular weight excluding hydrogens is 867 g/mol. The molecule has 68 heavy (non-hydrogen) atoms. The summed E-state index contributed by atoms with van der Waals surface area (Å²) in [5, 5.41) is 12.9. The Morgan fingerprint density at radius 1 is 0.676 bits per heavy atom. The van der Waals surface area contributed by atoms with E-state index in [9.17, 15) is 18.3 Å². The fraction of sp³-hybridized carbons (Fsp3) is 0.466. The maximum absolute atomic E-state index is 13.9. The van der Waals surface area contributed by atoms with E-state index in [1.54, 1.807) is 24.3 Å². The molecule has 1 fully saturated rings. The summed E-state index contributed by atoms with van der Waals surface area (Å²) >= 11 is 0. The first kappa shape index (κ1) is 52.7. The second-order valence-electron chi connectivity index (χ2n) is 18.8. The molecule has 5 aromatic rings. The molecule has 0 spiro atoms. The van der Waals surface area contributed by atoms with Crippen LogP contribution in [0, 0.1) is 12.8 Å². The summed E-state index contributed by atoms with van der Waals surface area (Å²) in [4.78, 5) is 16.7. The Labute approximate surface area is 408 Å². The van der Waals surface area contributed by atoms with Crippen molar-refractivity contribution in [3.8, 4) is 11.1 Å². The Morgan fingerprint density at radius 3 is 1.90 bits per heavy atom. The van der Waals surface area contributed by atoms with Crippen LogP contribution in [0.2, 0.25) is 0 Å². The van der Waals surface area contributed by atoms with E-state index in [4.69, 9.17) is 9.47 Å². The van der Waals surface area contributed by atoms with Crippen molar-refractivity contribution < 1.29 is 27.8 Å². The summed E-state index contributed by atoms with van der Waals surface area (Å²) in [6.45, 7) is 11.9. The first-order valence-electron chi connectivity index (χ1n) is 25.4. The van der Waals surface area contributed by atoms with Gasteiger partial charge in [-0.15, -0.1) is 0 Å². The van der Waals surface area contributed by atoms with Crippen LogP contribution < -0.4 is 10.0 Å². The molecule has 10 heteroatoms. The minimum atomic E-state index is -3.98. The number of ether oxygens (including phenoxy) is 2. The normalized spacial score (nSPS) is 17.9. The van der Waals surface area contributed by atoms with E-state index in [1.165, 1.54) is 77.0 Å². The molecule has 366 valence electrons. The van der Waals surface area contributed by atoms with Gasteiger partial charge < -0.3 is 24.8 Å². The molecule has 1 saturated heterocycles. The Hall–Kier alpha value is -4.68. The zero-order valence-corrected chi connectivity index (χ0v) is 41.9. The molecule has 3 N–H and O–H groups in total. The molecule has 5 atom stereocenters.